The number of hydrogen-bond acceptors (Lipinski definition) is 7. The fourth-order valence-corrected chi connectivity index (χ4v) is 4.03. The lowest BCUT2D eigenvalue weighted by Crippen LogP contribution is -2.40. The third kappa shape index (κ3) is 3.53. The van der Waals surface area contributed by atoms with Crippen LogP contribution in [0.1, 0.15) is 40.5 Å². The molecule has 0 unspecified atom stereocenters. The Hall–Kier alpha value is -2.15. The zero-order valence-corrected chi connectivity index (χ0v) is 15.4. The highest BCUT2D eigenvalue weighted by Gasteiger charge is 2.63. The molecule has 0 aromatic heterocycles. The minimum absolute atomic E-state index is 0.295. The van der Waals surface area contributed by atoms with Gasteiger partial charge in [-0.1, -0.05) is 12.2 Å². The van der Waals surface area contributed by atoms with Crippen LogP contribution < -0.4 is 0 Å². The minimum atomic E-state index is -0.676. The van der Waals surface area contributed by atoms with E-state index in [2.05, 4.69) is 6.58 Å². The average molecular weight is 364 g/mol. The van der Waals surface area contributed by atoms with Crippen LogP contribution in [0.15, 0.2) is 23.8 Å². The van der Waals surface area contributed by atoms with Crippen molar-refractivity contribution >= 4 is 17.9 Å². The molecule has 6 atom stereocenters. The lowest BCUT2D eigenvalue weighted by atomic mass is 9.81. The average Bonchev–Trinajstić information content (AvgIpc) is 3.06. The maximum absolute atomic E-state index is 12.1. The Morgan fingerprint density at radius 2 is 1.92 bits per heavy atom. The van der Waals surface area contributed by atoms with Crippen molar-refractivity contribution in [1.29, 1.82) is 0 Å². The molecule has 0 bridgehead atoms. The SMILES string of the molecule is C=C1C(=O)O[C@H]2C/C(C)=C/[C@@H](OC(C)=O)C[C@@]3(C)O[C@@H]3[C@@H](OC(C)=O)[C@H]12. The number of ether oxygens (including phenoxy) is 4. The van der Waals surface area contributed by atoms with E-state index in [-0.39, 0.29) is 5.97 Å². The quantitative estimate of drug-likeness (QED) is 0.243. The molecule has 7 nitrogen and oxygen atoms in total. The van der Waals surface area contributed by atoms with Crippen molar-refractivity contribution in [2.75, 3.05) is 0 Å². The van der Waals surface area contributed by atoms with Crippen molar-refractivity contribution < 1.29 is 33.3 Å². The molecule has 2 saturated heterocycles. The van der Waals surface area contributed by atoms with Gasteiger partial charge in [-0.2, -0.15) is 0 Å². The molecule has 3 aliphatic rings. The maximum Gasteiger partial charge on any atom is 0.334 e. The predicted molar refractivity (Wildman–Crippen MR) is 89.9 cm³/mol. The molecule has 3 rings (SSSR count). The van der Waals surface area contributed by atoms with Crippen molar-refractivity contribution in [3.05, 3.63) is 23.8 Å². The summed E-state index contributed by atoms with van der Waals surface area (Å²) in [6.45, 7) is 10.3. The van der Waals surface area contributed by atoms with Crippen LogP contribution in [-0.2, 0) is 33.3 Å². The predicted octanol–water partition coefficient (Wildman–Crippen LogP) is 1.85. The summed E-state index contributed by atoms with van der Waals surface area (Å²) in [5, 5.41) is 0. The van der Waals surface area contributed by atoms with Gasteiger partial charge in [0.05, 0.1) is 11.5 Å². The van der Waals surface area contributed by atoms with Gasteiger partial charge in [0.1, 0.15) is 24.4 Å². The van der Waals surface area contributed by atoms with E-state index in [1.54, 1.807) is 0 Å². The topological polar surface area (TPSA) is 91.4 Å². The highest BCUT2D eigenvalue weighted by atomic mass is 16.6. The van der Waals surface area contributed by atoms with E-state index < -0.39 is 47.9 Å². The summed E-state index contributed by atoms with van der Waals surface area (Å²) in [4.78, 5) is 35.2. The lowest BCUT2D eigenvalue weighted by molar-refractivity contribution is -0.151. The Kier molecular flexibility index (Phi) is 4.69. The molecule has 2 aliphatic heterocycles. The van der Waals surface area contributed by atoms with E-state index in [1.807, 2.05) is 19.9 Å². The van der Waals surface area contributed by atoms with Crippen molar-refractivity contribution in [2.45, 2.75) is 70.6 Å². The molecule has 2 heterocycles. The van der Waals surface area contributed by atoms with Crippen LogP contribution in [0.2, 0.25) is 0 Å². The van der Waals surface area contributed by atoms with E-state index in [4.69, 9.17) is 18.9 Å². The summed E-state index contributed by atoms with van der Waals surface area (Å²) in [6.07, 6.45) is 0.681. The standard InChI is InChI=1S/C19H24O7/c1-9-6-13(23-11(3)20)8-19(5)17(26-19)16(24-12(4)21)15-10(2)18(22)25-14(15)7-9/h6,13-17H,2,7-8H2,1,3-5H3/b9-6+/t13-,14+,15-,16+,17-,19-/m1/s1. The summed E-state index contributed by atoms with van der Waals surface area (Å²) in [7, 11) is 0. The van der Waals surface area contributed by atoms with E-state index in [0.29, 0.717) is 18.4 Å². The fraction of sp³-hybridized carbons (Fsp3) is 0.632. The third-order valence-corrected chi connectivity index (χ3v) is 5.14. The smallest absolute Gasteiger partial charge is 0.334 e. The summed E-state index contributed by atoms with van der Waals surface area (Å²) in [6, 6.07) is 0. The fourth-order valence-electron chi connectivity index (χ4n) is 4.03. The van der Waals surface area contributed by atoms with Crippen molar-refractivity contribution in [3.63, 3.8) is 0 Å². The Labute approximate surface area is 152 Å². The Morgan fingerprint density at radius 1 is 1.27 bits per heavy atom. The van der Waals surface area contributed by atoms with Gasteiger partial charge in [-0.15, -0.1) is 0 Å². The van der Waals surface area contributed by atoms with Gasteiger partial charge in [-0.3, -0.25) is 9.59 Å². The second kappa shape index (κ2) is 6.54. The first-order valence-corrected chi connectivity index (χ1v) is 8.70. The monoisotopic (exact) mass is 364 g/mol. The maximum atomic E-state index is 12.1. The zero-order valence-electron chi connectivity index (χ0n) is 15.4. The van der Waals surface area contributed by atoms with Crippen LogP contribution >= 0.6 is 0 Å². The molecule has 0 saturated carbocycles. The number of hydrogen-bond donors (Lipinski definition) is 0. The van der Waals surface area contributed by atoms with E-state index in [1.165, 1.54) is 13.8 Å². The second-order valence-corrected chi connectivity index (χ2v) is 7.49. The number of rotatable bonds is 2. The Balaban J connectivity index is 1.98. The molecule has 0 aromatic carbocycles. The second-order valence-electron chi connectivity index (χ2n) is 7.49. The molecule has 0 amide bonds. The molecule has 26 heavy (non-hydrogen) atoms. The first kappa shape index (κ1) is 18.6. The number of epoxide rings is 1. The van der Waals surface area contributed by atoms with Crippen molar-refractivity contribution in [1.82, 2.24) is 0 Å². The van der Waals surface area contributed by atoms with Crippen molar-refractivity contribution in [2.24, 2.45) is 5.92 Å². The van der Waals surface area contributed by atoms with E-state index in [0.717, 1.165) is 5.57 Å². The highest BCUT2D eigenvalue weighted by Crippen LogP contribution is 2.49. The molecule has 0 spiro atoms. The van der Waals surface area contributed by atoms with Crippen LogP contribution in [0.3, 0.4) is 0 Å². The molecule has 0 radical (unpaired) electrons. The van der Waals surface area contributed by atoms with Crippen LogP contribution in [0.4, 0.5) is 0 Å². The zero-order chi connectivity index (χ0) is 19.2. The number of carbonyl (C=O) groups is 3. The molecule has 2 fully saturated rings. The van der Waals surface area contributed by atoms with Gasteiger partial charge >= 0.3 is 17.9 Å². The largest absolute Gasteiger partial charge is 0.459 e. The van der Waals surface area contributed by atoms with Gasteiger partial charge in [0.15, 0.2) is 0 Å². The number of esters is 3. The Morgan fingerprint density at radius 3 is 2.54 bits per heavy atom. The van der Waals surface area contributed by atoms with E-state index >= 15 is 0 Å². The molecule has 7 heteroatoms. The van der Waals surface area contributed by atoms with Crippen LogP contribution in [-0.4, -0.2) is 47.9 Å². The van der Waals surface area contributed by atoms with Crippen LogP contribution in [0.5, 0.6) is 0 Å². The summed E-state index contributed by atoms with van der Waals surface area (Å²) >= 11 is 0. The molecular weight excluding hydrogens is 340 g/mol. The van der Waals surface area contributed by atoms with Crippen LogP contribution in [0, 0.1) is 5.92 Å². The first-order chi connectivity index (χ1) is 12.1. The normalized spacial score (nSPS) is 41.1. The lowest BCUT2D eigenvalue weighted by Gasteiger charge is -2.28. The van der Waals surface area contributed by atoms with Gasteiger partial charge in [0.25, 0.3) is 0 Å². The first-order valence-electron chi connectivity index (χ1n) is 8.70. The van der Waals surface area contributed by atoms with Gasteiger partial charge in [-0.25, -0.2) is 4.79 Å². The summed E-state index contributed by atoms with van der Waals surface area (Å²) in [5.74, 6) is -1.79. The van der Waals surface area contributed by atoms with Crippen LogP contribution in [0.25, 0.3) is 0 Å². The molecule has 1 aliphatic carbocycles. The van der Waals surface area contributed by atoms with Gasteiger partial charge in [-0.05, 0) is 19.9 Å². The Bertz CT molecular complexity index is 694. The molecule has 142 valence electrons. The summed E-state index contributed by atoms with van der Waals surface area (Å²) < 4.78 is 22.3. The number of fused-ring (bicyclic) bond motifs is 2. The minimum Gasteiger partial charge on any atom is -0.459 e. The van der Waals surface area contributed by atoms with Gasteiger partial charge < -0.3 is 18.9 Å². The van der Waals surface area contributed by atoms with Gasteiger partial charge in [0.2, 0.25) is 0 Å². The number of carbonyl (C=O) groups excluding carboxylic acids is 3. The van der Waals surface area contributed by atoms with Crippen molar-refractivity contribution in [3.8, 4) is 0 Å². The molecule has 0 aromatic rings. The highest BCUT2D eigenvalue weighted by molar-refractivity contribution is 5.91. The third-order valence-electron chi connectivity index (χ3n) is 5.14. The summed E-state index contributed by atoms with van der Waals surface area (Å²) in [5.41, 5.74) is 0.576. The molecular formula is C19H24O7. The molecule has 0 N–H and O–H groups in total. The van der Waals surface area contributed by atoms with Gasteiger partial charge in [0, 0.05) is 32.3 Å². The van der Waals surface area contributed by atoms with E-state index in [9.17, 15) is 14.4 Å².